The lowest BCUT2D eigenvalue weighted by Gasteiger charge is -2.18. The van der Waals surface area contributed by atoms with Crippen molar-refractivity contribution in [3.05, 3.63) is 62.3 Å². The summed E-state index contributed by atoms with van der Waals surface area (Å²) in [5, 5.41) is 22.3. The number of hydrogen-bond acceptors (Lipinski definition) is 7. The summed E-state index contributed by atoms with van der Waals surface area (Å²) in [6.45, 7) is 11.3. The van der Waals surface area contributed by atoms with Gasteiger partial charge < -0.3 is 29.8 Å². The molecule has 3 rings (SSSR count). The number of nitrogens with two attached hydrogens (primary N) is 1. The molecule has 40 heavy (non-hydrogen) atoms. The largest absolute Gasteiger partial charge is 0.507 e. The Labute approximate surface area is 237 Å². The van der Waals surface area contributed by atoms with Gasteiger partial charge in [0.1, 0.15) is 33.8 Å². The molecule has 7 heteroatoms. The van der Waals surface area contributed by atoms with Gasteiger partial charge in [0.2, 0.25) is 5.43 Å². The van der Waals surface area contributed by atoms with E-state index in [9.17, 15) is 15.0 Å². The van der Waals surface area contributed by atoms with Crippen molar-refractivity contribution in [1.82, 2.24) is 0 Å². The van der Waals surface area contributed by atoms with Crippen molar-refractivity contribution >= 4 is 21.9 Å². The number of fused-ring (bicyclic) bond motifs is 2. The molecule has 218 valence electrons. The summed E-state index contributed by atoms with van der Waals surface area (Å²) >= 11 is 0. The first-order chi connectivity index (χ1) is 19.2. The summed E-state index contributed by atoms with van der Waals surface area (Å²) < 4.78 is 18.5. The van der Waals surface area contributed by atoms with Crippen LogP contribution in [0.15, 0.2) is 44.6 Å². The van der Waals surface area contributed by atoms with E-state index in [0.29, 0.717) is 71.8 Å². The van der Waals surface area contributed by atoms with Crippen molar-refractivity contribution in [2.45, 2.75) is 86.2 Å². The van der Waals surface area contributed by atoms with Crippen molar-refractivity contribution in [3.8, 4) is 17.2 Å². The van der Waals surface area contributed by atoms with Crippen molar-refractivity contribution in [1.29, 1.82) is 0 Å². The molecular weight excluding hydrogens is 506 g/mol. The molecule has 0 fully saturated rings. The third-order valence-corrected chi connectivity index (χ3v) is 6.92. The molecule has 0 aliphatic rings. The highest BCUT2D eigenvalue weighted by molar-refractivity contribution is 5.97. The topological polar surface area (TPSA) is 115 Å². The Balaban J connectivity index is 2.31. The number of unbranched alkanes of at least 4 members (excludes halogenated alkanes) is 3. The monoisotopic (exact) mass is 551 g/mol. The molecule has 7 nitrogen and oxygen atoms in total. The van der Waals surface area contributed by atoms with Gasteiger partial charge in [-0.25, -0.2) is 0 Å². The van der Waals surface area contributed by atoms with Crippen molar-refractivity contribution in [3.63, 3.8) is 0 Å². The molecule has 2 aromatic carbocycles. The van der Waals surface area contributed by atoms with Crippen LogP contribution in [0.5, 0.6) is 17.2 Å². The van der Waals surface area contributed by atoms with Gasteiger partial charge >= 0.3 is 0 Å². The fourth-order valence-electron chi connectivity index (χ4n) is 4.69. The van der Waals surface area contributed by atoms with Crippen LogP contribution >= 0.6 is 0 Å². The smallest absolute Gasteiger partial charge is 0.204 e. The lowest BCUT2D eigenvalue weighted by atomic mass is 9.95. The Morgan fingerprint density at radius 3 is 1.95 bits per heavy atom. The van der Waals surface area contributed by atoms with Crippen molar-refractivity contribution in [2.24, 2.45) is 5.73 Å². The fraction of sp³-hybridized carbons (Fsp3) is 0.485. The number of hydrogen-bond donors (Lipinski definition) is 3. The van der Waals surface area contributed by atoms with Crippen LogP contribution in [0.3, 0.4) is 0 Å². The molecule has 0 saturated carbocycles. The maximum atomic E-state index is 14.1. The van der Waals surface area contributed by atoms with E-state index in [1.807, 2.05) is 39.8 Å². The molecule has 4 N–H and O–H groups in total. The lowest BCUT2D eigenvalue weighted by molar-refractivity contribution is 0.260. The normalized spacial score (nSPS) is 11.2. The quantitative estimate of drug-likeness (QED) is 0.107. The standard InChI is InChI=1S/C33H45NO6/c1-6-7-9-16-38-26-18-29-31(32(36)24(26)14-12-22(4)5)33(37)30-23(13-11-21(2)3)25(20-35)27(19-28(30)40-29)39-17-10-8-15-34/h11-12,18-19,35-36H,6-10,13-17,20,34H2,1-5H3. The van der Waals surface area contributed by atoms with Gasteiger partial charge in [-0.1, -0.05) is 43.1 Å². The van der Waals surface area contributed by atoms with Crippen molar-refractivity contribution in [2.75, 3.05) is 19.8 Å². The van der Waals surface area contributed by atoms with Crippen LogP contribution in [0.1, 0.15) is 83.4 Å². The van der Waals surface area contributed by atoms with Crippen LogP contribution in [0.4, 0.5) is 0 Å². The molecule has 1 aromatic heterocycles. The zero-order valence-electron chi connectivity index (χ0n) is 24.7. The summed E-state index contributed by atoms with van der Waals surface area (Å²) in [7, 11) is 0. The zero-order chi connectivity index (χ0) is 29.2. The number of benzene rings is 2. The summed E-state index contributed by atoms with van der Waals surface area (Å²) in [6.07, 6.45) is 9.43. The first-order valence-electron chi connectivity index (χ1n) is 14.4. The van der Waals surface area contributed by atoms with Crippen LogP contribution in [0.2, 0.25) is 0 Å². The molecular formula is C33H45NO6. The molecule has 0 saturated heterocycles. The molecule has 0 amide bonds. The first-order valence-corrected chi connectivity index (χ1v) is 14.4. The van der Waals surface area contributed by atoms with Gasteiger partial charge in [0.15, 0.2) is 0 Å². The number of phenols is 1. The summed E-state index contributed by atoms with van der Waals surface area (Å²) in [5.41, 5.74) is 9.79. The maximum Gasteiger partial charge on any atom is 0.204 e. The van der Waals surface area contributed by atoms with E-state index >= 15 is 0 Å². The number of rotatable bonds is 15. The second-order valence-electron chi connectivity index (χ2n) is 10.7. The lowest BCUT2D eigenvalue weighted by Crippen LogP contribution is -2.11. The molecule has 0 spiro atoms. The van der Waals surface area contributed by atoms with Crippen molar-refractivity contribution < 1.29 is 24.1 Å². The van der Waals surface area contributed by atoms with Gasteiger partial charge in [0.05, 0.1) is 25.2 Å². The average molecular weight is 552 g/mol. The van der Waals surface area contributed by atoms with Gasteiger partial charge in [0, 0.05) is 23.3 Å². The Morgan fingerprint density at radius 1 is 0.850 bits per heavy atom. The highest BCUT2D eigenvalue weighted by Crippen LogP contribution is 2.39. The minimum absolute atomic E-state index is 0.115. The fourth-order valence-corrected chi connectivity index (χ4v) is 4.69. The first kappa shape index (κ1) is 31.2. The minimum Gasteiger partial charge on any atom is -0.507 e. The number of aliphatic hydroxyl groups excluding tert-OH is 1. The maximum absolute atomic E-state index is 14.1. The molecule has 0 radical (unpaired) electrons. The van der Waals surface area contributed by atoms with Gasteiger partial charge in [-0.15, -0.1) is 0 Å². The number of ether oxygens (including phenoxy) is 2. The number of phenolic OH excluding ortho intramolecular Hbond substituents is 1. The van der Waals surface area contributed by atoms with Crippen LogP contribution in [-0.4, -0.2) is 30.0 Å². The molecule has 1 heterocycles. The SMILES string of the molecule is CCCCCOc1cc2oc3cc(OCCCCN)c(CO)c(CC=C(C)C)c3c(=O)c2c(O)c1CC=C(C)C. The van der Waals surface area contributed by atoms with E-state index < -0.39 is 0 Å². The van der Waals surface area contributed by atoms with Gasteiger partial charge in [-0.3, -0.25) is 4.79 Å². The number of aliphatic hydroxyl groups is 1. The summed E-state index contributed by atoms with van der Waals surface area (Å²) in [4.78, 5) is 14.1. The number of aromatic hydroxyl groups is 1. The molecule has 3 aromatic rings. The number of allylic oxidation sites excluding steroid dienone is 4. The molecule has 0 bridgehead atoms. The van der Waals surface area contributed by atoms with E-state index in [1.165, 1.54) is 0 Å². The van der Waals surface area contributed by atoms with E-state index in [1.54, 1.807) is 12.1 Å². The highest BCUT2D eigenvalue weighted by Gasteiger charge is 2.23. The van der Waals surface area contributed by atoms with Crippen LogP contribution in [0, 0.1) is 0 Å². The Hall–Kier alpha value is -3.29. The molecule has 0 aliphatic heterocycles. The van der Waals surface area contributed by atoms with E-state index in [-0.39, 0.29) is 28.8 Å². The van der Waals surface area contributed by atoms with Gasteiger partial charge in [-0.2, -0.15) is 0 Å². The molecule has 0 atom stereocenters. The van der Waals surface area contributed by atoms with Crippen LogP contribution in [0.25, 0.3) is 21.9 Å². The Morgan fingerprint density at radius 2 is 1.40 bits per heavy atom. The predicted octanol–water partition coefficient (Wildman–Crippen LogP) is 6.85. The average Bonchev–Trinajstić information content (AvgIpc) is 2.91. The second kappa shape index (κ2) is 14.9. The van der Waals surface area contributed by atoms with Crippen LogP contribution in [-0.2, 0) is 19.4 Å². The Bertz CT molecular complexity index is 1430. The Kier molecular flexibility index (Phi) is 11.6. The predicted molar refractivity (Wildman–Crippen MR) is 163 cm³/mol. The highest BCUT2D eigenvalue weighted by atomic mass is 16.5. The third-order valence-electron chi connectivity index (χ3n) is 6.92. The summed E-state index contributed by atoms with van der Waals surface area (Å²) in [6, 6.07) is 3.39. The van der Waals surface area contributed by atoms with E-state index in [2.05, 4.69) is 6.92 Å². The molecule has 0 unspecified atom stereocenters. The second-order valence-corrected chi connectivity index (χ2v) is 10.7. The van der Waals surface area contributed by atoms with Gasteiger partial charge in [-0.05, 0) is 71.9 Å². The van der Waals surface area contributed by atoms with Crippen LogP contribution < -0.4 is 20.6 Å². The third kappa shape index (κ3) is 7.46. The van der Waals surface area contributed by atoms with E-state index in [0.717, 1.165) is 43.3 Å². The molecule has 0 aliphatic carbocycles. The van der Waals surface area contributed by atoms with E-state index in [4.69, 9.17) is 19.6 Å². The zero-order valence-corrected chi connectivity index (χ0v) is 24.7. The van der Waals surface area contributed by atoms with Gasteiger partial charge in [0.25, 0.3) is 0 Å². The summed E-state index contributed by atoms with van der Waals surface area (Å²) in [5.74, 6) is 0.861. The minimum atomic E-state index is -0.341.